The molecular weight excluding hydrogens is 366 g/mol. The topological polar surface area (TPSA) is 81.7 Å². The van der Waals surface area contributed by atoms with Crippen LogP contribution in [-0.4, -0.2) is 20.6 Å². The Labute approximate surface area is 150 Å². The monoisotopic (exact) mass is 379 g/mol. The van der Waals surface area contributed by atoms with Crippen LogP contribution in [0.4, 0.5) is 0 Å². The summed E-state index contributed by atoms with van der Waals surface area (Å²) >= 11 is 6.10. The Morgan fingerprint density at radius 3 is 2.40 bits per heavy atom. The molecule has 6 nitrogen and oxygen atoms in total. The SMILES string of the molecule is Cc1ccccc1S(=O)(=O)N[C@H]1OC(=O)C(Oc2ccccc2)=C1Cl. The van der Waals surface area contributed by atoms with Gasteiger partial charge in [-0.2, -0.15) is 4.72 Å². The Balaban J connectivity index is 1.84. The number of para-hydroxylation sites is 1. The fraction of sp³-hybridized carbons (Fsp3) is 0.118. The van der Waals surface area contributed by atoms with Crippen LogP contribution in [0.1, 0.15) is 5.56 Å². The van der Waals surface area contributed by atoms with Crippen molar-refractivity contribution in [3.8, 4) is 5.75 Å². The van der Waals surface area contributed by atoms with Gasteiger partial charge in [0.25, 0.3) is 0 Å². The van der Waals surface area contributed by atoms with Gasteiger partial charge in [0.15, 0.2) is 0 Å². The van der Waals surface area contributed by atoms with Gasteiger partial charge in [-0.15, -0.1) is 0 Å². The molecule has 2 aromatic carbocycles. The van der Waals surface area contributed by atoms with E-state index in [0.717, 1.165) is 0 Å². The van der Waals surface area contributed by atoms with Crippen LogP contribution in [0.15, 0.2) is 70.3 Å². The lowest BCUT2D eigenvalue weighted by atomic mass is 10.2. The van der Waals surface area contributed by atoms with Gasteiger partial charge >= 0.3 is 5.97 Å². The van der Waals surface area contributed by atoms with Crippen molar-refractivity contribution in [2.75, 3.05) is 0 Å². The lowest BCUT2D eigenvalue weighted by Crippen LogP contribution is -2.36. The molecule has 8 heteroatoms. The van der Waals surface area contributed by atoms with Gasteiger partial charge in [-0.05, 0) is 30.7 Å². The Morgan fingerprint density at radius 1 is 1.08 bits per heavy atom. The van der Waals surface area contributed by atoms with Gasteiger partial charge in [0.2, 0.25) is 22.0 Å². The average Bonchev–Trinajstić information content (AvgIpc) is 2.83. The van der Waals surface area contributed by atoms with Crippen LogP contribution >= 0.6 is 11.6 Å². The number of esters is 1. The molecule has 130 valence electrons. The number of halogens is 1. The third-order valence-corrected chi connectivity index (χ3v) is 5.40. The third-order valence-electron chi connectivity index (χ3n) is 3.47. The van der Waals surface area contributed by atoms with Gasteiger partial charge in [0.1, 0.15) is 10.8 Å². The number of carbonyl (C=O) groups excluding carboxylic acids is 1. The first kappa shape index (κ1) is 17.5. The molecule has 1 N–H and O–H groups in total. The van der Waals surface area contributed by atoms with Crippen LogP contribution in [0.25, 0.3) is 0 Å². The fourth-order valence-electron chi connectivity index (χ4n) is 2.26. The van der Waals surface area contributed by atoms with Crippen LogP contribution in [-0.2, 0) is 19.6 Å². The van der Waals surface area contributed by atoms with Crippen LogP contribution in [0.2, 0.25) is 0 Å². The first-order chi connectivity index (χ1) is 11.9. The average molecular weight is 380 g/mol. The van der Waals surface area contributed by atoms with Gasteiger partial charge in [-0.1, -0.05) is 48.0 Å². The molecule has 0 spiro atoms. The van der Waals surface area contributed by atoms with Crippen LogP contribution < -0.4 is 9.46 Å². The number of benzene rings is 2. The molecule has 0 bridgehead atoms. The van der Waals surface area contributed by atoms with E-state index in [-0.39, 0.29) is 15.7 Å². The fourth-order valence-corrected chi connectivity index (χ4v) is 3.87. The minimum absolute atomic E-state index is 0.0768. The van der Waals surface area contributed by atoms with E-state index in [2.05, 4.69) is 4.72 Å². The maximum Gasteiger partial charge on any atom is 0.377 e. The molecule has 1 aliphatic heterocycles. The summed E-state index contributed by atoms with van der Waals surface area (Å²) in [5.74, 6) is -0.702. The second kappa shape index (κ2) is 6.87. The lowest BCUT2D eigenvalue weighted by Gasteiger charge is -2.13. The van der Waals surface area contributed by atoms with Gasteiger partial charge < -0.3 is 9.47 Å². The molecule has 0 radical (unpaired) electrons. The van der Waals surface area contributed by atoms with Gasteiger partial charge in [0.05, 0.1) is 4.90 Å². The van der Waals surface area contributed by atoms with Crippen molar-refractivity contribution in [3.63, 3.8) is 0 Å². The number of hydrogen-bond donors (Lipinski definition) is 1. The molecule has 0 aliphatic carbocycles. The van der Waals surface area contributed by atoms with Crippen molar-refractivity contribution < 1.29 is 22.7 Å². The highest BCUT2D eigenvalue weighted by Crippen LogP contribution is 2.28. The number of nitrogens with one attached hydrogen (secondary N) is 1. The minimum atomic E-state index is -3.93. The second-order valence-corrected chi connectivity index (χ2v) is 7.35. The molecule has 0 saturated carbocycles. The van der Waals surface area contributed by atoms with E-state index < -0.39 is 22.2 Å². The molecular formula is C17H14ClNO5S. The summed E-state index contributed by atoms with van der Waals surface area (Å²) < 4.78 is 37.7. The number of rotatable bonds is 5. The van der Waals surface area contributed by atoms with Crippen molar-refractivity contribution in [2.45, 2.75) is 18.0 Å². The molecule has 0 unspecified atom stereocenters. The predicted octanol–water partition coefficient (Wildman–Crippen LogP) is 2.69. The molecule has 1 atom stereocenters. The second-order valence-electron chi connectivity index (χ2n) is 5.26. The van der Waals surface area contributed by atoms with E-state index in [9.17, 15) is 13.2 Å². The van der Waals surface area contributed by atoms with Crippen molar-refractivity contribution in [1.82, 2.24) is 4.72 Å². The number of carbonyl (C=O) groups is 1. The van der Waals surface area contributed by atoms with E-state index in [1.165, 1.54) is 6.07 Å². The molecule has 1 heterocycles. The standard InChI is InChI=1S/C17H14ClNO5S/c1-11-7-5-6-10-13(11)25(21,22)19-16-14(18)15(17(20)24-16)23-12-8-3-2-4-9-12/h2-10,16,19H,1H3/t16-/m0/s1. The highest BCUT2D eigenvalue weighted by molar-refractivity contribution is 7.89. The molecule has 0 fully saturated rings. The zero-order chi connectivity index (χ0) is 18.0. The van der Waals surface area contributed by atoms with Crippen LogP contribution in [0.5, 0.6) is 5.75 Å². The normalized spacial score (nSPS) is 17.5. The lowest BCUT2D eigenvalue weighted by molar-refractivity contribution is -0.141. The van der Waals surface area contributed by atoms with Gasteiger partial charge in [-0.3, -0.25) is 0 Å². The molecule has 3 rings (SSSR count). The van der Waals surface area contributed by atoms with E-state index in [1.54, 1.807) is 55.5 Å². The summed E-state index contributed by atoms with van der Waals surface area (Å²) in [5, 5.41) is -0.161. The Hall–Kier alpha value is -2.35. The van der Waals surface area contributed by atoms with Crippen molar-refractivity contribution in [3.05, 3.63) is 71.0 Å². The van der Waals surface area contributed by atoms with Crippen molar-refractivity contribution in [2.24, 2.45) is 0 Å². The minimum Gasteiger partial charge on any atom is -0.448 e. The number of sulfonamides is 1. The summed E-state index contributed by atoms with van der Waals surface area (Å²) in [6.07, 6.45) is -1.34. The molecule has 0 saturated heterocycles. The molecule has 0 amide bonds. The maximum atomic E-state index is 12.5. The largest absolute Gasteiger partial charge is 0.448 e. The number of hydrogen-bond acceptors (Lipinski definition) is 5. The van der Waals surface area contributed by atoms with E-state index in [0.29, 0.717) is 11.3 Å². The van der Waals surface area contributed by atoms with E-state index in [1.807, 2.05) is 0 Å². The highest BCUT2D eigenvalue weighted by Gasteiger charge is 2.38. The van der Waals surface area contributed by atoms with Crippen LogP contribution in [0, 0.1) is 6.92 Å². The molecule has 2 aromatic rings. The number of aryl methyl sites for hydroxylation is 1. The third kappa shape index (κ3) is 3.68. The first-order valence-corrected chi connectivity index (χ1v) is 9.16. The summed E-state index contributed by atoms with van der Waals surface area (Å²) in [6.45, 7) is 1.66. The summed E-state index contributed by atoms with van der Waals surface area (Å²) in [4.78, 5) is 12.0. The first-order valence-electron chi connectivity index (χ1n) is 7.30. The Bertz CT molecular complexity index is 941. The van der Waals surface area contributed by atoms with Gasteiger partial charge in [-0.25, -0.2) is 13.2 Å². The van der Waals surface area contributed by atoms with Crippen molar-refractivity contribution >= 4 is 27.6 Å². The quantitative estimate of drug-likeness (QED) is 0.808. The van der Waals surface area contributed by atoms with E-state index >= 15 is 0 Å². The number of cyclic esters (lactones) is 1. The summed E-state index contributed by atoms with van der Waals surface area (Å²) in [7, 11) is -3.93. The predicted molar refractivity (Wildman–Crippen MR) is 91.3 cm³/mol. The smallest absolute Gasteiger partial charge is 0.377 e. The van der Waals surface area contributed by atoms with Crippen LogP contribution in [0.3, 0.4) is 0 Å². The highest BCUT2D eigenvalue weighted by atomic mass is 35.5. The van der Waals surface area contributed by atoms with Crippen molar-refractivity contribution in [1.29, 1.82) is 0 Å². The molecule has 0 aromatic heterocycles. The zero-order valence-corrected chi connectivity index (χ0v) is 14.7. The number of ether oxygens (including phenoxy) is 2. The maximum absolute atomic E-state index is 12.5. The summed E-state index contributed by atoms with van der Waals surface area (Å²) in [5.41, 5.74) is 0.556. The molecule has 1 aliphatic rings. The van der Waals surface area contributed by atoms with E-state index in [4.69, 9.17) is 21.1 Å². The zero-order valence-electron chi connectivity index (χ0n) is 13.1. The van der Waals surface area contributed by atoms with Gasteiger partial charge in [0, 0.05) is 0 Å². The Kier molecular flexibility index (Phi) is 4.80. The molecule has 25 heavy (non-hydrogen) atoms. The Morgan fingerprint density at radius 2 is 1.72 bits per heavy atom. The summed E-state index contributed by atoms with van der Waals surface area (Å²) in [6, 6.07) is 14.9.